The second-order valence-corrected chi connectivity index (χ2v) is 4.66. The fraction of sp³-hybridized carbons (Fsp3) is 0.125. The normalized spacial score (nSPS) is 11.9. The van der Waals surface area contributed by atoms with E-state index in [2.05, 4.69) is 5.32 Å². The summed E-state index contributed by atoms with van der Waals surface area (Å²) >= 11 is 0. The minimum absolute atomic E-state index is 0.114. The number of hydrogen-bond acceptors (Lipinski definition) is 5. The van der Waals surface area contributed by atoms with Crippen LogP contribution in [0.5, 0.6) is 5.75 Å². The number of esters is 1. The molecule has 0 aliphatic carbocycles. The van der Waals surface area contributed by atoms with Crippen molar-refractivity contribution < 1.29 is 20.6 Å². The highest BCUT2D eigenvalue weighted by atomic mass is 16.6. The Kier molecular flexibility index (Phi) is 4.92. The molecule has 2 aromatic carbocycles. The van der Waals surface area contributed by atoms with Crippen LogP contribution in [0.15, 0.2) is 54.6 Å². The molecule has 2 aromatic rings. The van der Waals surface area contributed by atoms with Crippen molar-refractivity contribution >= 4 is 18.0 Å². The molecule has 2 rings (SSSR count). The van der Waals surface area contributed by atoms with Gasteiger partial charge < -0.3 is 10.1 Å². The number of non-ortho nitro benzene ring substituents is 1. The summed E-state index contributed by atoms with van der Waals surface area (Å²) in [6.45, 7) is 0. The van der Waals surface area contributed by atoms with Crippen LogP contribution in [0.1, 0.15) is 6.93 Å². The summed E-state index contributed by atoms with van der Waals surface area (Å²) in [7, 11) is 0. The number of nitrogens with zero attached hydrogens (tertiary/aromatic N) is 1. The fourth-order valence-corrected chi connectivity index (χ4v) is 1.94. The van der Waals surface area contributed by atoms with Crippen LogP contribution in [0, 0.1) is 10.1 Å². The Balaban J connectivity index is 2.09. The summed E-state index contributed by atoms with van der Waals surface area (Å²) in [6.07, 6.45) is -0.936. The van der Waals surface area contributed by atoms with Crippen molar-refractivity contribution in [1.29, 1.82) is 0 Å². The molecule has 0 spiro atoms. The van der Waals surface area contributed by atoms with Crippen molar-refractivity contribution in [2.24, 2.45) is 0 Å². The molecule has 118 valence electrons. The van der Waals surface area contributed by atoms with E-state index in [0.29, 0.717) is 0 Å². The van der Waals surface area contributed by atoms with Gasteiger partial charge in [0.1, 0.15) is 13.2 Å². The van der Waals surface area contributed by atoms with E-state index in [0.717, 1.165) is 5.56 Å². The summed E-state index contributed by atoms with van der Waals surface area (Å²) in [5, 5.41) is 12.8. The second kappa shape index (κ2) is 7.69. The minimum Gasteiger partial charge on any atom is -0.425 e. The van der Waals surface area contributed by atoms with Gasteiger partial charge in [-0.05, 0) is 17.7 Å². The van der Waals surface area contributed by atoms with Crippen LogP contribution in [0.3, 0.4) is 0 Å². The molecule has 7 heteroatoms. The van der Waals surface area contributed by atoms with Gasteiger partial charge in [0.15, 0.2) is 0 Å². The average Bonchev–Trinajstić information content (AvgIpc) is 2.55. The molecule has 0 fully saturated rings. The van der Waals surface area contributed by atoms with E-state index in [1.165, 1.54) is 24.3 Å². The predicted octanol–water partition coefficient (Wildman–Crippen LogP) is 1.86. The smallest absolute Gasteiger partial charge is 0.334 e. The number of ether oxygens (including phenoxy) is 1. The van der Waals surface area contributed by atoms with Crippen molar-refractivity contribution in [2.75, 3.05) is 0 Å². The molecule has 1 atom stereocenters. The Morgan fingerprint density at radius 3 is 2.48 bits per heavy atom. The van der Waals surface area contributed by atoms with Gasteiger partial charge in [-0.1, -0.05) is 30.3 Å². The molecule has 0 radical (unpaired) electrons. The summed E-state index contributed by atoms with van der Waals surface area (Å²) < 4.78 is 12.1. The highest BCUT2D eigenvalue weighted by molar-refractivity contribution is 5.80. The molecule has 0 bridgehead atoms. The van der Waals surface area contributed by atoms with E-state index in [1.54, 1.807) is 24.3 Å². The molecular formula is C16H14N2O5. The molecule has 7 nitrogen and oxygen atoms in total. The molecule has 0 aliphatic heterocycles. The zero-order valence-electron chi connectivity index (χ0n) is 13.0. The van der Waals surface area contributed by atoms with E-state index in [-0.39, 0.29) is 17.9 Å². The summed E-state index contributed by atoms with van der Waals surface area (Å²) in [4.78, 5) is 33.2. The number of amides is 1. The third-order valence-corrected chi connectivity index (χ3v) is 3.07. The van der Waals surface area contributed by atoms with Crippen molar-refractivity contribution in [2.45, 2.75) is 12.5 Å². The number of nitrogens with one attached hydrogen (secondary N) is 1. The Bertz CT molecular complexity index is 734. The van der Waals surface area contributed by atoms with Gasteiger partial charge in [-0.2, -0.15) is 0 Å². The van der Waals surface area contributed by atoms with Gasteiger partial charge in [-0.15, -0.1) is 0 Å². The van der Waals surface area contributed by atoms with Crippen LogP contribution >= 0.6 is 0 Å². The van der Waals surface area contributed by atoms with Crippen molar-refractivity contribution in [3.8, 4) is 5.75 Å². The molecule has 0 heterocycles. The highest BCUT2D eigenvalue weighted by Gasteiger charge is 2.20. The number of benzene rings is 2. The van der Waals surface area contributed by atoms with E-state index < -0.39 is 23.3 Å². The largest absolute Gasteiger partial charge is 0.425 e. The van der Waals surface area contributed by atoms with Gasteiger partial charge in [0, 0.05) is 18.6 Å². The monoisotopic (exact) mass is 315 g/mol. The number of nitro benzene ring substituents is 1. The first-order valence-electron chi connectivity index (χ1n) is 7.23. The van der Waals surface area contributed by atoms with Gasteiger partial charge >= 0.3 is 5.97 Å². The Morgan fingerprint density at radius 1 is 1.26 bits per heavy atom. The maximum atomic E-state index is 12.2. The molecule has 0 unspecified atom stereocenters. The topological polar surface area (TPSA) is 98.5 Å². The van der Waals surface area contributed by atoms with Crippen molar-refractivity contribution in [3.05, 3.63) is 70.3 Å². The number of hydrogen-bond donors (Lipinski definition) is 1. The molecule has 0 saturated carbocycles. The number of carbonyl (C=O) groups is 2. The van der Waals surface area contributed by atoms with Crippen LogP contribution in [0.2, 0.25) is 0 Å². The molecular weight excluding hydrogens is 300 g/mol. The van der Waals surface area contributed by atoms with Crippen molar-refractivity contribution in [1.82, 2.24) is 5.32 Å². The van der Waals surface area contributed by atoms with E-state index in [9.17, 15) is 19.7 Å². The van der Waals surface area contributed by atoms with Crippen LogP contribution in [0.25, 0.3) is 0 Å². The number of rotatable bonds is 6. The SMILES string of the molecule is [2H]C(=O)N[C@@H](Cc1ccccc1)C(=O)Oc1ccc([N+](=O)[O-])cc1. The lowest BCUT2D eigenvalue weighted by Crippen LogP contribution is -2.40. The van der Waals surface area contributed by atoms with Crippen LogP contribution < -0.4 is 10.1 Å². The van der Waals surface area contributed by atoms with Crippen LogP contribution in [-0.4, -0.2) is 23.3 Å². The zero-order valence-corrected chi connectivity index (χ0v) is 12.0. The van der Waals surface area contributed by atoms with Crippen LogP contribution in [-0.2, 0) is 16.0 Å². The van der Waals surface area contributed by atoms with E-state index in [4.69, 9.17) is 6.11 Å². The number of carbonyl (C=O) groups excluding carboxylic acids is 2. The molecule has 0 aromatic heterocycles. The lowest BCUT2D eigenvalue weighted by Gasteiger charge is -2.15. The third kappa shape index (κ3) is 4.63. The molecule has 23 heavy (non-hydrogen) atoms. The van der Waals surface area contributed by atoms with E-state index >= 15 is 0 Å². The lowest BCUT2D eigenvalue weighted by atomic mass is 10.1. The van der Waals surface area contributed by atoms with Gasteiger partial charge in [0.05, 0.1) is 4.92 Å². The Labute approximate surface area is 133 Å². The first kappa shape index (κ1) is 14.7. The molecule has 0 saturated heterocycles. The van der Waals surface area contributed by atoms with Gasteiger partial charge in [0.25, 0.3) is 5.69 Å². The first-order chi connectivity index (χ1) is 11.5. The van der Waals surface area contributed by atoms with Gasteiger partial charge in [-0.3, -0.25) is 14.9 Å². The summed E-state index contributed by atoms with van der Waals surface area (Å²) in [6, 6.07) is 12.9. The van der Waals surface area contributed by atoms with Gasteiger partial charge in [0.2, 0.25) is 6.39 Å². The summed E-state index contributed by atoms with van der Waals surface area (Å²) in [5.41, 5.74) is 0.659. The molecule has 1 amide bonds. The van der Waals surface area contributed by atoms with Gasteiger partial charge in [-0.25, -0.2) is 4.79 Å². The highest BCUT2D eigenvalue weighted by Crippen LogP contribution is 2.18. The third-order valence-electron chi connectivity index (χ3n) is 3.07. The van der Waals surface area contributed by atoms with E-state index in [1.807, 2.05) is 6.07 Å². The Morgan fingerprint density at radius 2 is 1.91 bits per heavy atom. The average molecular weight is 315 g/mol. The van der Waals surface area contributed by atoms with Crippen molar-refractivity contribution in [3.63, 3.8) is 0 Å². The first-order valence-corrected chi connectivity index (χ1v) is 6.73. The lowest BCUT2D eigenvalue weighted by molar-refractivity contribution is -0.384. The maximum Gasteiger partial charge on any atom is 0.334 e. The molecule has 0 aliphatic rings. The summed E-state index contributed by atoms with van der Waals surface area (Å²) in [5.74, 6) is -0.642. The Hall–Kier alpha value is -3.22. The quantitative estimate of drug-likeness (QED) is 0.288. The second-order valence-electron chi connectivity index (χ2n) is 4.66. The van der Waals surface area contributed by atoms with Crippen LogP contribution in [0.4, 0.5) is 5.69 Å². The number of nitro groups is 1. The zero-order chi connectivity index (χ0) is 17.5. The molecule has 1 N–H and O–H groups in total. The minimum atomic E-state index is -1.10. The predicted molar refractivity (Wildman–Crippen MR) is 81.9 cm³/mol. The fourth-order valence-electron chi connectivity index (χ4n) is 1.94. The maximum absolute atomic E-state index is 12.2. The standard InChI is InChI=1S/C16H14N2O5/c19-11-17-15(10-12-4-2-1-3-5-12)16(20)23-14-8-6-13(7-9-14)18(21)22/h1-9,11,15H,10H2,(H,17,19)/t15-/m0/s1/i11D.